The molecule has 2 rings (SSSR count). The Morgan fingerprint density at radius 3 is 2.53 bits per heavy atom. The van der Waals surface area contributed by atoms with E-state index in [1.807, 2.05) is 24.3 Å². The Morgan fingerprint density at radius 2 is 1.84 bits per heavy atom. The van der Waals surface area contributed by atoms with Crippen molar-refractivity contribution in [3.8, 4) is 0 Å². The van der Waals surface area contributed by atoms with Crippen LogP contribution in [0.2, 0.25) is 10.3 Å². The summed E-state index contributed by atoms with van der Waals surface area (Å²) in [6, 6.07) is 7.46. The average Bonchev–Trinajstić information content (AvgIpc) is 2.38. The Labute approximate surface area is 126 Å². The maximum Gasteiger partial charge on any atom is 0.228 e. The predicted octanol–water partition coefficient (Wildman–Crippen LogP) is 4.15. The van der Waals surface area contributed by atoms with E-state index >= 15 is 0 Å². The molecule has 0 fully saturated rings. The normalized spacial score (nSPS) is 10.5. The molecule has 1 aromatic heterocycles. The standard InChI is InChI=1S/C12H12Cl2N4S/c1-2-7-15-11-16-10(14)17-12(18-11)19-9-5-3-8(13)4-6-9/h3-6H,2,7H2,1H3,(H,15,16,17,18). The van der Waals surface area contributed by atoms with Crippen molar-refractivity contribution in [2.75, 3.05) is 11.9 Å². The van der Waals surface area contributed by atoms with Crippen molar-refractivity contribution < 1.29 is 0 Å². The first-order valence-corrected chi connectivity index (χ1v) is 7.33. The van der Waals surface area contributed by atoms with Gasteiger partial charge in [0.15, 0.2) is 5.16 Å². The lowest BCUT2D eigenvalue weighted by atomic mass is 10.4. The summed E-state index contributed by atoms with van der Waals surface area (Å²) in [6.07, 6.45) is 0.989. The number of benzene rings is 1. The lowest BCUT2D eigenvalue weighted by Crippen LogP contribution is -2.06. The van der Waals surface area contributed by atoms with E-state index < -0.39 is 0 Å². The SMILES string of the molecule is CCCNc1nc(Cl)nc(Sc2ccc(Cl)cc2)n1. The van der Waals surface area contributed by atoms with Gasteiger partial charge in [-0.15, -0.1) is 0 Å². The van der Waals surface area contributed by atoms with Gasteiger partial charge in [0, 0.05) is 16.5 Å². The maximum absolute atomic E-state index is 5.88. The van der Waals surface area contributed by atoms with E-state index in [0.717, 1.165) is 17.9 Å². The third-order valence-electron chi connectivity index (χ3n) is 2.14. The zero-order valence-electron chi connectivity index (χ0n) is 10.2. The molecule has 0 spiro atoms. The molecule has 0 saturated heterocycles. The van der Waals surface area contributed by atoms with Crippen molar-refractivity contribution in [3.63, 3.8) is 0 Å². The lowest BCUT2D eigenvalue weighted by Gasteiger charge is -2.05. The Hall–Kier alpha value is -1.04. The molecule has 19 heavy (non-hydrogen) atoms. The van der Waals surface area contributed by atoms with Crippen LogP contribution in [-0.4, -0.2) is 21.5 Å². The summed E-state index contributed by atoms with van der Waals surface area (Å²) in [5.41, 5.74) is 0. The van der Waals surface area contributed by atoms with Gasteiger partial charge in [-0.2, -0.15) is 15.0 Å². The molecule has 0 aliphatic heterocycles. The van der Waals surface area contributed by atoms with E-state index in [1.165, 1.54) is 11.8 Å². The van der Waals surface area contributed by atoms with Crippen LogP contribution in [0.1, 0.15) is 13.3 Å². The van der Waals surface area contributed by atoms with Crippen molar-refractivity contribution in [3.05, 3.63) is 34.6 Å². The maximum atomic E-state index is 5.88. The van der Waals surface area contributed by atoms with Gasteiger partial charge in [-0.05, 0) is 54.0 Å². The predicted molar refractivity (Wildman–Crippen MR) is 79.2 cm³/mol. The second kappa shape index (κ2) is 6.93. The Morgan fingerprint density at radius 1 is 1.11 bits per heavy atom. The highest BCUT2D eigenvalue weighted by molar-refractivity contribution is 7.99. The monoisotopic (exact) mass is 314 g/mol. The molecule has 0 unspecified atom stereocenters. The van der Waals surface area contributed by atoms with Crippen LogP contribution < -0.4 is 5.32 Å². The molecule has 100 valence electrons. The lowest BCUT2D eigenvalue weighted by molar-refractivity contribution is 0.878. The number of hydrogen-bond acceptors (Lipinski definition) is 5. The molecule has 0 atom stereocenters. The van der Waals surface area contributed by atoms with E-state index in [-0.39, 0.29) is 5.28 Å². The average molecular weight is 315 g/mol. The van der Waals surface area contributed by atoms with Gasteiger partial charge in [0.1, 0.15) is 0 Å². The Kier molecular flexibility index (Phi) is 5.24. The zero-order valence-corrected chi connectivity index (χ0v) is 12.6. The molecule has 1 aromatic carbocycles. The van der Waals surface area contributed by atoms with E-state index in [9.17, 15) is 0 Å². The molecule has 2 aromatic rings. The number of rotatable bonds is 5. The highest BCUT2D eigenvalue weighted by Gasteiger charge is 2.06. The van der Waals surface area contributed by atoms with E-state index in [1.54, 1.807) is 0 Å². The van der Waals surface area contributed by atoms with Gasteiger partial charge in [0.05, 0.1) is 0 Å². The second-order valence-corrected chi connectivity index (χ2v) is 5.51. The number of nitrogens with one attached hydrogen (secondary N) is 1. The molecular formula is C12H12Cl2N4S. The number of halogens is 2. The molecule has 1 N–H and O–H groups in total. The Balaban J connectivity index is 2.15. The highest BCUT2D eigenvalue weighted by Crippen LogP contribution is 2.26. The van der Waals surface area contributed by atoms with Gasteiger partial charge >= 0.3 is 0 Å². The molecule has 0 aliphatic rings. The summed E-state index contributed by atoms with van der Waals surface area (Å²) in [5, 5.41) is 4.53. The van der Waals surface area contributed by atoms with Crippen LogP contribution in [0.15, 0.2) is 34.3 Å². The Bertz CT molecular complexity index is 548. The van der Waals surface area contributed by atoms with Crippen molar-refractivity contribution >= 4 is 40.9 Å². The third-order valence-corrected chi connectivity index (χ3v) is 3.44. The largest absolute Gasteiger partial charge is 0.354 e. The van der Waals surface area contributed by atoms with Gasteiger partial charge in [-0.3, -0.25) is 0 Å². The smallest absolute Gasteiger partial charge is 0.228 e. The fraction of sp³-hybridized carbons (Fsp3) is 0.250. The van der Waals surface area contributed by atoms with Crippen molar-refractivity contribution in [1.29, 1.82) is 0 Å². The minimum absolute atomic E-state index is 0.185. The van der Waals surface area contributed by atoms with E-state index in [2.05, 4.69) is 27.2 Å². The summed E-state index contributed by atoms with van der Waals surface area (Å²) >= 11 is 13.1. The van der Waals surface area contributed by atoms with Crippen LogP contribution in [0.4, 0.5) is 5.95 Å². The van der Waals surface area contributed by atoms with Crippen molar-refractivity contribution in [2.24, 2.45) is 0 Å². The summed E-state index contributed by atoms with van der Waals surface area (Å²) in [5.74, 6) is 0.498. The van der Waals surface area contributed by atoms with Gasteiger partial charge < -0.3 is 5.32 Å². The first-order chi connectivity index (χ1) is 9.17. The molecular weight excluding hydrogens is 303 g/mol. The molecule has 7 heteroatoms. The second-order valence-electron chi connectivity index (χ2n) is 3.69. The fourth-order valence-electron chi connectivity index (χ4n) is 1.30. The number of nitrogens with zero attached hydrogens (tertiary/aromatic N) is 3. The van der Waals surface area contributed by atoms with Crippen LogP contribution in [0, 0.1) is 0 Å². The molecule has 0 aliphatic carbocycles. The van der Waals surface area contributed by atoms with Crippen LogP contribution in [-0.2, 0) is 0 Å². The van der Waals surface area contributed by atoms with Crippen LogP contribution in [0.25, 0.3) is 0 Å². The van der Waals surface area contributed by atoms with Gasteiger partial charge in [0.2, 0.25) is 11.2 Å². The van der Waals surface area contributed by atoms with E-state index in [4.69, 9.17) is 23.2 Å². The molecule has 0 amide bonds. The highest BCUT2D eigenvalue weighted by atomic mass is 35.5. The number of hydrogen-bond donors (Lipinski definition) is 1. The van der Waals surface area contributed by atoms with Gasteiger partial charge in [-0.1, -0.05) is 18.5 Å². The molecule has 1 heterocycles. The first kappa shape index (κ1) is 14.4. The summed E-state index contributed by atoms with van der Waals surface area (Å²) in [7, 11) is 0. The molecule has 0 radical (unpaired) electrons. The molecule has 4 nitrogen and oxygen atoms in total. The van der Waals surface area contributed by atoms with Crippen LogP contribution in [0.3, 0.4) is 0 Å². The minimum atomic E-state index is 0.185. The molecule has 0 bridgehead atoms. The van der Waals surface area contributed by atoms with Gasteiger partial charge in [-0.25, -0.2) is 0 Å². The molecule has 0 saturated carbocycles. The van der Waals surface area contributed by atoms with Crippen molar-refractivity contribution in [2.45, 2.75) is 23.4 Å². The summed E-state index contributed by atoms with van der Waals surface area (Å²) < 4.78 is 0. The third kappa shape index (κ3) is 4.53. The fourth-order valence-corrected chi connectivity index (χ4v) is 2.38. The quantitative estimate of drug-likeness (QED) is 0.898. The van der Waals surface area contributed by atoms with Crippen LogP contribution in [0.5, 0.6) is 0 Å². The topological polar surface area (TPSA) is 50.7 Å². The minimum Gasteiger partial charge on any atom is -0.354 e. The van der Waals surface area contributed by atoms with E-state index in [0.29, 0.717) is 16.1 Å². The zero-order chi connectivity index (χ0) is 13.7. The van der Waals surface area contributed by atoms with Crippen molar-refractivity contribution in [1.82, 2.24) is 15.0 Å². The van der Waals surface area contributed by atoms with Crippen LogP contribution >= 0.6 is 35.0 Å². The number of aromatic nitrogens is 3. The van der Waals surface area contributed by atoms with Gasteiger partial charge in [0.25, 0.3) is 0 Å². The number of anilines is 1. The summed E-state index contributed by atoms with van der Waals surface area (Å²) in [6.45, 7) is 2.87. The first-order valence-electron chi connectivity index (χ1n) is 5.76. The summed E-state index contributed by atoms with van der Waals surface area (Å²) in [4.78, 5) is 13.4.